The largest absolute Gasteiger partial charge is 0.478 e. The monoisotopic (exact) mass is 344 g/mol. The normalized spacial score (nSPS) is 11.5. The van der Waals surface area contributed by atoms with Crippen molar-refractivity contribution >= 4 is 5.97 Å². The molecule has 0 amide bonds. The summed E-state index contributed by atoms with van der Waals surface area (Å²) in [5.74, 6) is -0.988. The molecule has 3 rings (SSSR count). The molecular formula is C23H20O3. The Balaban J connectivity index is 2.16. The van der Waals surface area contributed by atoms with Gasteiger partial charge in [0.15, 0.2) is 0 Å². The van der Waals surface area contributed by atoms with Gasteiger partial charge in [0.05, 0.1) is 6.61 Å². The van der Waals surface area contributed by atoms with E-state index in [0.29, 0.717) is 0 Å². The Hall–Kier alpha value is -3.17. The topological polar surface area (TPSA) is 46.5 Å². The molecule has 0 spiro atoms. The number of ether oxygens (including phenoxy) is 1. The van der Waals surface area contributed by atoms with Gasteiger partial charge in [-0.05, 0) is 16.7 Å². The van der Waals surface area contributed by atoms with Crippen LogP contribution in [0.5, 0.6) is 0 Å². The van der Waals surface area contributed by atoms with Gasteiger partial charge in [-0.2, -0.15) is 0 Å². The Morgan fingerprint density at radius 2 is 1.15 bits per heavy atom. The quantitative estimate of drug-likeness (QED) is 0.502. The first-order valence-corrected chi connectivity index (χ1v) is 8.43. The van der Waals surface area contributed by atoms with Crippen LogP contribution in [0.15, 0.2) is 103 Å². The molecule has 0 unspecified atom stereocenters. The maximum Gasteiger partial charge on any atom is 0.328 e. The minimum Gasteiger partial charge on any atom is -0.478 e. The lowest BCUT2D eigenvalue weighted by Gasteiger charge is -2.35. The highest BCUT2D eigenvalue weighted by Crippen LogP contribution is 2.40. The molecule has 0 saturated heterocycles. The highest BCUT2D eigenvalue weighted by Gasteiger charge is 2.37. The van der Waals surface area contributed by atoms with Crippen LogP contribution in [0.2, 0.25) is 0 Å². The Morgan fingerprint density at radius 3 is 1.50 bits per heavy atom. The van der Waals surface area contributed by atoms with Gasteiger partial charge >= 0.3 is 5.97 Å². The molecule has 3 aromatic carbocycles. The molecular weight excluding hydrogens is 324 g/mol. The number of rotatable bonds is 7. The van der Waals surface area contributed by atoms with E-state index in [9.17, 15) is 4.79 Å². The lowest BCUT2D eigenvalue weighted by Crippen LogP contribution is -2.33. The SMILES string of the molecule is O=C(O)/C=C/COC(c1ccccc1)(c1ccccc1)c1ccccc1. The second kappa shape index (κ2) is 8.28. The van der Waals surface area contributed by atoms with Gasteiger partial charge in [-0.3, -0.25) is 0 Å². The van der Waals surface area contributed by atoms with Gasteiger partial charge in [0, 0.05) is 6.08 Å². The van der Waals surface area contributed by atoms with E-state index >= 15 is 0 Å². The number of carboxylic acid groups (broad SMARTS) is 1. The summed E-state index contributed by atoms with van der Waals surface area (Å²) in [7, 11) is 0. The van der Waals surface area contributed by atoms with E-state index in [4.69, 9.17) is 9.84 Å². The summed E-state index contributed by atoms with van der Waals surface area (Å²) in [6.45, 7) is 0.172. The maximum absolute atomic E-state index is 10.8. The van der Waals surface area contributed by atoms with Crippen molar-refractivity contribution in [3.63, 3.8) is 0 Å². The molecule has 3 nitrogen and oxygen atoms in total. The summed E-state index contributed by atoms with van der Waals surface area (Å²) >= 11 is 0. The minimum absolute atomic E-state index is 0.172. The fraction of sp³-hybridized carbons (Fsp3) is 0.0870. The van der Waals surface area contributed by atoms with Crippen LogP contribution in [0.4, 0.5) is 0 Å². The molecule has 0 fully saturated rings. The number of carbonyl (C=O) groups is 1. The van der Waals surface area contributed by atoms with Crippen molar-refractivity contribution in [3.8, 4) is 0 Å². The summed E-state index contributed by atoms with van der Waals surface area (Å²) in [4.78, 5) is 10.8. The number of aliphatic carboxylic acids is 1. The lowest BCUT2D eigenvalue weighted by atomic mass is 9.80. The molecule has 3 heteroatoms. The van der Waals surface area contributed by atoms with Gasteiger partial charge in [-0.15, -0.1) is 0 Å². The van der Waals surface area contributed by atoms with E-state index in [1.807, 2.05) is 91.0 Å². The summed E-state index contributed by atoms with van der Waals surface area (Å²) < 4.78 is 6.39. The summed E-state index contributed by atoms with van der Waals surface area (Å²) in [5.41, 5.74) is 2.13. The second-order valence-electron chi connectivity index (χ2n) is 5.83. The zero-order valence-corrected chi connectivity index (χ0v) is 14.3. The van der Waals surface area contributed by atoms with Gasteiger partial charge in [-0.1, -0.05) is 97.1 Å². The average Bonchev–Trinajstić information content (AvgIpc) is 2.70. The fourth-order valence-electron chi connectivity index (χ4n) is 3.09. The third kappa shape index (κ3) is 3.73. The van der Waals surface area contributed by atoms with E-state index in [2.05, 4.69) is 0 Å². The van der Waals surface area contributed by atoms with Gasteiger partial charge in [0.1, 0.15) is 5.60 Å². The molecule has 0 radical (unpaired) electrons. The Morgan fingerprint density at radius 1 is 0.769 bits per heavy atom. The van der Waals surface area contributed by atoms with Crippen LogP contribution in [0.3, 0.4) is 0 Å². The number of carboxylic acids is 1. The average molecular weight is 344 g/mol. The van der Waals surface area contributed by atoms with Crippen molar-refractivity contribution in [2.24, 2.45) is 0 Å². The first-order valence-electron chi connectivity index (χ1n) is 8.43. The minimum atomic E-state index is -0.988. The van der Waals surface area contributed by atoms with E-state index in [1.54, 1.807) is 0 Å². The zero-order chi connectivity index (χ0) is 18.2. The van der Waals surface area contributed by atoms with Gasteiger partial charge in [0.25, 0.3) is 0 Å². The summed E-state index contributed by atoms with van der Waals surface area (Å²) in [6.07, 6.45) is 2.62. The standard InChI is InChI=1S/C23H20O3/c24-22(25)17-10-18-26-23(19-11-4-1-5-12-19,20-13-6-2-7-14-20)21-15-8-3-9-16-21/h1-17H,18H2,(H,24,25)/b17-10+. The Bertz CT molecular complexity index is 759. The van der Waals surface area contributed by atoms with Crippen molar-refractivity contribution in [2.75, 3.05) is 6.61 Å². The highest BCUT2D eigenvalue weighted by molar-refractivity contribution is 5.79. The molecule has 0 aromatic heterocycles. The van der Waals surface area contributed by atoms with Crippen LogP contribution in [0.1, 0.15) is 16.7 Å². The maximum atomic E-state index is 10.8. The van der Waals surface area contributed by atoms with Crippen LogP contribution in [-0.2, 0) is 15.1 Å². The Labute approximate surface area is 153 Å². The van der Waals surface area contributed by atoms with Gasteiger partial charge < -0.3 is 9.84 Å². The number of hydrogen-bond donors (Lipinski definition) is 1. The molecule has 0 bridgehead atoms. The number of hydrogen-bond acceptors (Lipinski definition) is 2. The van der Waals surface area contributed by atoms with Gasteiger partial charge in [-0.25, -0.2) is 4.79 Å². The zero-order valence-electron chi connectivity index (χ0n) is 14.3. The molecule has 130 valence electrons. The van der Waals surface area contributed by atoms with Crippen molar-refractivity contribution in [2.45, 2.75) is 5.60 Å². The third-order valence-electron chi connectivity index (χ3n) is 4.20. The first kappa shape index (κ1) is 17.6. The molecule has 0 atom stereocenters. The molecule has 0 heterocycles. The molecule has 3 aromatic rings. The Kier molecular flexibility index (Phi) is 5.62. The fourth-order valence-corrected chi connectivity index (χ4v) is 3.09. The molecule has 1 N–H and O–H groups in total. The molecule has 26 heavy (non-hydrogen) atoms. The van der Waals surface area contributed by atoms with Crippen molar-refractivity contribution in [1.82, 2.24) is 0 Å². The summed E-state index contributed by atoms with van der Waals surface area (Å²) in [6, 6.07) is 29.9. The van der Waals surface area contributed by atoms with Crippen LogP contribution >= 0.6 is 0 Å². The van der Waals surface area contributed by atoms with Crippen LogP contribution in [0.25, 0.3) is 0 Å². The third-order valence-corrected chi connectivity index (χ3v) is 4.20. The number of benzene rings is 3. The molecule has 0 saturated carbocycles. The smallest absolute Gasteiger partial charge is 0.328 e. The molecule has 0 aliphatic heterocycles. The van der Waals surface area contributed by atoms with Crippen LogP contribution < -0.4 is 0 Å². The molecule has 0 aliphatic rings. The van der Waals surface area contributed by atoms with Crippen molar-refractivity contribution in [1.29, 1.82) is 0 Å². The predicted molar refractivity (Wildman–Crippen MR) is 102 cm³/mol. The highest BCUT2D eigenvalue weighted by atomic mass is 16.5. The van der Waals surface area contributed by atoms with E-state index in [0.717, 1.165) is 22.8 Å². The van der Waals surface area contributed by atoms with E-state index in [-0.39, 0.29) is 6.61 Å². The van der Waals surface area contributed by atoms with Crippen LogP contribution in [-0.4, -0.2) is 17.7 Å². The van der Waals surface area contributed by atoms with Gasteiger partial charge in [0.2, 0.25) is 0 Å². The lowest BCUT2D eigenvalue weighted by molar-refractivity contribution is -0.131. The summed E-state index contributed by atoms with van der Waals surface area (Å²) in [5, 5.41) is 8.85. The first-order chi connectivity index (χ1) is 12.7. The van der Waals surface area contributed by atoms with E-state index < -0.39 is 11.6 Å². The second-order valence-corrected chi connectivity index (χ2v) is 5.83. The van der Waals surface area contributed by atoms with E-state index in [1.165, 1.54) is 6.08 Å². The molecule has 0 aliphatic carbocycles. The van der Waals surface area contributed by atoms with Crippen molar-refractivity contribution in [3.05, 3.63) is 120 Å². The predicted octanol–water partition coefficient (Wildman–Crippen LogP) is 4.64. The van der Waals surface area contributed by atoms with Crippen molar-refractivity contribution < 1.29 is 14.6 Å². The van der Waals surface area contributed by atoms with Crippen LogP contribution in [0, 0.1) is 0 Å².